The van der Waals surface area contributed by atoms with Crippen molar-refractivity contribution in [2.24, 2.45) is 21.7 Å². The zero-order valence-electron chi connectivity index (χ0n) is 33.2. The van der Waals surface area contributed by atoms with Crippen molar-refractivity contribution in [3.63, 3.8) is 0 Å². The number of hydrogen-bond donors (Lipinski definition) is 0. The second-order valence-corrected chi connectivity index (χ2v) is 16.0. The number of esters is 4. The van der Waals surface area contributed by atoms with Crippen molar-refractivity contribution < 1.29 is 47.6 Å². The summed E-state index contributed by atoms with van der Waals surface area (Å²) in [5, 5.41) is 0. The van der Waals surface area contributed by atoms with Crippen molar-refractivity contribution in [1.29, 1.82) is 0 Å². The van der Waals surface area contributed by atoms with Gasteiger partial charge in [0.2, 0.25) is 0 Å². The van der Waals surface area contributed by atoms with Crippen LogP contribution in [0.3, 0.4) is 0 Å². The van der Waals surface area contributed by atoms with Crippen LogP contribution >= 0.6 is 0 Å². The van der Waals surface area contributed by atoms with E-state index in [0.29, 0.717) is 22.6 Å². The first kappa shape index (κ1) is 37.8. The first-order chi connectivity index (χ1) is 28.2. The van der Waals surface area contributed by atoms with E-state index in [4.69, 9.17) is 28.4 Å². The van der Waals surface area contributed by atoms with Crippen LogP contribution in [0.1, 0.15) is 34.1 Å². The Morgan fingerprint density at radius 2 is 0.707 bits per heavy atom. The van der Waals surface area contributed by atoms with Crippen molar-refractivity contribution in [2.45, 2.75) is 49.1 Å². The van der Waals surface area contributed by atoms with Crippen LogP contribution in [0.5, 0.6) is 11.5 Å². The molecule has 12 nitrogen and oxygen atoms in total. The van der Waals surface area contributed by atoms with E-state index in [1.54, 1.807) is 38.5 Å². The van der Waals surface area contributed by atoms with E-state index in [2.05, 4.69) is 9.80 Å². The van der Waals surface area contributed by atoms with Gasteiger partial charge in [-0.2, -0.15) is 0 Å². The van der Waals surface area contributed by atoms with Gasteiger partial charge in [-0.3, -0.25) is 29.0 Å². The van der Waals surface area contributed by atoms with Gasteiger partial charge in [0.1, 0.15) is 33.2 Å². The Morgan fingerprint density at radius 3 is 0.948 bits per heavy atom. The number of carbonyl (C=O) groups excluding carboxylic acids is 4. The zero-order valence-corrected chi connectivity index (χ0v) is 33.2. The molecule has 10 rings (SSSR count). The van der Waals surface area contributed by atoms with Crippen LogP contribution in [-0.4, -0.2) is 101 Å². The van der Waals surface area contributed by atoms with E-state index < -0.39 is 81.5 Å². The fourth-order valence-electron chi connectivity index (χ4n) is 13.3. The van der Waals surface area contributed by atoms with Crippen LogP contribution in [0.2, 0.25) is 0 Å². The molecular formula is C46H46N2O10. The van der Waals surface area contributed by atoms with Crippen LogP contribution < -0.4 is 9.47 Å². The van der Waals surface area contributed by atoms with Crippen molar-refractivity contribution in [3.8, 4) is 11.5 Å². The fraction of sp³-hybridized carbons (Fsp3) is 0.391. The summed E-state index contributed by atoms with van der Waals surface area (Å²) in [5.41, 5.74) is -3.33. The molecule has 0 aromatic heterocycles. The van der Waals surface area contributed by atoms with Gasteiger partial charge in [0, 0.05) is 49.1 Å². The minimum atomic E-state index is -1.59. The summed E-state index contributed by atoms with van der Waals surface area (Å²) in [6.07, 6.45) is 0. The van der Waals surface area contributed by atoms with E-state index in [1.165, 1.54) is 28.4 Å². The molecule has 2 saturated carbocycles. The molecule has 2 aliphatic carbocycles. The van der Waals surface area contributed by atoms with Gasteiger partial charge in [0.15, 0.2) is 0 Å². The molecular weight excluding hydrogens is 741 g/mol. The molecule has 4 aromatic carbocycles. The third-order valence-electron chi connectivity index (χ3n) is 14.3. The van der Waals surface area contributed by atoms with Crippen LogP contribution in [0.4, 0.5) is 0 Å². The molecule has 0 radical (unpaired) electrons. The number of ether oxygens (including phenoxy) is 6. The Kier molecular flexibility index (Phi) is 8.76. The van der Waals surface area contributed by atoms with Crippen LogP contribution in [0, 0.1) is 21.7 Å². The van der Waals surface area contributed by atoms with E-state index in [-0.39, 0.29) is 13.1 Å². The molecule has 0 N–H and O–H groups in total. The highest BCUT2D eigenvalue weighted by molar-refractivity contribution is 6.03. The predicted molar refractivity (Wildman–Crippen MR) is 208 cm³/mol. The number of benzene rings is 4. The molecule has 0 amide bonds. The first-order valence-corrected chi connectivity index (χ1v) is 19.4. The molecule has 6 aliphatic rings. The minimum Gasteiger partial charge on any atom is -0.497 e. The number of methoxy groups -OCH3 is 6. The zero-order chi connectivity index (χ0) is 40.8. The monoisotopic (exact) mass is 786 g/mol. The van der Waals surface area contributed by atoms with Gasteiger partial charge in [-0.1, -0.05) is 84.9 Å². The molecule has 6 fully saturated rings. The van der Waals surface area contributed by atoms with E-state index >= 15 is 19.2 Å². The quantitative estimate of drug-likeness (QED) is 0.145. The first-order valence-electron chi connectivity index (χ1n) is 19.4. The van der Waals surface area contributed by atoms with E-state index in [0.717, 1.165) is 11.1 Å². The van der Waals surface area contributed by atoms with Gasteiger partial charge in [-0.05, 0) is 46.5 Å². The number of rotatable bonds is 12. The second kappa shape index (κ2) is 13.4. The molecule has 4 heterocycles. The lowest BCUT2D eigenvalue weighted by Gasteiger charge is -2.95. The summed E-state index contributed by atoms with van der Waals surface area (Å²) < 4.78 is 34.8. The maximum Gasteiger partial charge on any atom is 0.315 e. The van der Waals surface area contributed by atoms with Crippen molar-refractivity contribution in [1.82, 2.24) is 9.80 Å². The molecule has 8 bridgehead atoms. The summed E-state index contributed by atoms with van der Waals surface area (Å²) in [6, 6.07) is 30.1. The third-order valence-corrected chi connectivity index (χ3v) is 14.3. The Hall–Kier alpha value is -5.72. The predicted octanol–water partition coefficient (Wildman–Crippen LogP) is 4.76. The minimum absolute atomic E-state index is 0.188. The van der Waals surface area contributed by atoms with E-state index in [1.807, 2.05) is 84.9 Å². The molecule has 0 spiro atoms. The van der Waals surface area contributed by atoms with Crippen LogP contribution in [0.25, 0.3) is 0 Å². The molecule has 58 heavy (non-hydrogen) atoms. The number of hydrogen-bond acceptors (Lipinski definition) is 12. The van der Waals surface area contributed by atoms with Gasteiger partial charge >= 0.3 is 23.9 Å². The second-order valence-electron chi connectivity index (χ2n) is 16.0. The van der Waals surface area contributed by atoms with E-state index in [9.17, 15) is 0 Å². The Balaban J connectivity index is 1.47. The topological polar surface area (TPSA) is 130 Å². The maximum absolute atomic E-state index is 15.5. The third kappa shape index (κ3) is 4.21. The van der Waals surface area contributed by atoms with Crippen LogP contribution in [0.15, 0.2) is 109 Å². The number of nitrogens with zero attached hydrogens (tertiary/aromatic N) is 2. The molecule has 0 unspecified atom stereocenters. The average molecular weight is 787 g/mol. The van der Waals surface area contributed by atoms with Crippen molar-refractivity contribution >= 4 is 23.9 Å². The molecule has 300 valence electrons. The maximum atomic E-state index is 15.5. The van der Waals surface area contributed by atoms with Gasteiger partial charge < -0.3 is 28.4 Å². The van der Waals surface area contributed by atoms with Gasteiger partial charge in [-0.25, -0.2) is 0 Å². The normalized spacial score (nSPS) is 33.6. The molecule has 4 saturated heterocycles. The highest BCUT2D eigenvalue weighted by Gasteiger charge is 3.06. The Bertz CT molecular complexity index is 2010. The fourth-order valence-corrected chi connectivity index (χ4v) is 13.3. The number of carbonyl (C=O) groups is 4. The number of piperidine rings is 4. The largest absolute Gasteiger partial charge is 0.497 e. The van der Waals surface area contributed by atoms with Gasteiger partial charge in [-0.15, -0.1) is 0 Å². The summed E-state index contributed by atoms with van der Waals surface area (Å²) in [6.45, 7) is 0.377. The SMILES string of the molecule is COC(=O)C12C(c3ccc(OC)cc3)C3(C(=O)OC)C4N(Cc5ccccc5)C1C1(C(=O)OC)C(c5ccc(OC)cc5)C4(C(=O)OC)C3N(Cc3ccccc3)C21. The summed E-state index contributed by atoms with van der Waals surface area (Å²) >= 11 is 0. The Morgan fingerprint density at radius 1 is 0.431 bits per heavy atom. The average Bonchev–Trinajstić information content (AvgIpc) is 3.25. The smallest absolute Gasteiger partial charge is 0.315 e. The molecule has 4 aromatic rings. The molecule has 4 aliphatic heterocycles. The van der Waals surface area contributed by atoms with Crippen LogP contribution in [-0.2, 0) is 51.2 Å². The highest BCUT2D eigenvalue weighted by atomic mass is 16.5. The van der Waals surface area contributed by atoms with Gasteiger partial charge in [0.05, 0.1) is 42.7 Å². The summed E-state index contributed by atoms with van der Waals surface area (Å²) in [7, 11) is 8.52. The lowest BCUT2D eigenvalue weighted by molar-refractivity contribution is -0.448. The highest BCUT2D eigenvalue weighted by Crippen LogP contribution is 2.92. The Labute approximate surface area is 336 Å². The molecule has 0 atom stereocenters. The summed E-state index contributed by atoms with van der Waals surface area (Å²) in [4.78, 5) is 66.2. The van der Waals surface area contributed by atoms with Gasteiger partial charge in [0.25, 0.3) is 0 Å². The standard InChI is InChI=1S/C46H46N2O10/c1-53-31-21-17-29(18-22-31)33-43(39(49)55-3)35-45(41(51)57-5)34(30-19-23-32(54-2)24-20-30)46(42(52)58-6)37(47(35)25-27-13-9-7-10-14-27)44(33,40(50)56-4)38(46)48(36(43)45)26-28-15-11-8-12-16-28/h7-24,33-38H,25-26H2,1-6H3. The molecule has 12 heteroatoms. The lowest BCUT2D eigenvalue weighted by Crippen LogP contribution is -3.09. The lowest BCUT2D eigenvalue weighted by atomic mass is 9.15. The van der Waals surface area contributed by atoms with Crippen molar-refractivity contribution in [3.05, 3.63) is 131 Å². The summed E-state index contributed by atoms with van der Waals surface area (Å²) in [5.74, 6) is -3.01. The van der Waals surface area contributed by atoms with Crippen molar-refractivity contribution in [2.75, 3.05) is 42.7 Å².